The SMILES string of the molecule is CCCN1C2=C(C(=O)CC(C)(C)C2)C(c2cc(Br)c(OCC(=O)Nc3ccc(Cl)cc3)c(OCC)c2)C2=C1CC(C)(C)CC2=O. The van der Waals surface area contributed by atoms with Crippen molar-refractivity contribution in [1.29, 1.82) is 0 Å². The summed E-state index contributed by atoms with van der Waals surface area (Å²) in [5.41, 5.74) is 4.57. The topological polar surface area (TPSA) is 84.9 Å². The molecule has 1 aliphatic heterocycles. The van der Waals surface area contributed by atoms with Crippen LogP contribution in [0.4, 0.5) is 5.69 Å². The molecule has 1 N–H and O–H groups in total. The molecule has 9 heteroatoms. The van der Waals surface area contributed by atoms with Crippen LogP contribution < -0.4 is 14.8 Å². The number of nitrogens with zero attached hydrogens (tertiary/aromatic N) is 1. The average Bonchev–Trinajstić information content (AvgIpc) is 2.93. The molecular formula is C36H42BrClN2O5. The van der Waals surface area contributed by atoms with E-state index in [2.05, 4.69) is 60.8 Å². The standard InChI is InChI=1S/C36H42BrClN2O5/c1-7-13-40-25-16-35(3,4)18-27(41)32(25)31(33-26(40)17-36(5,6)19-28(33)42)21-14-24(37)34(29(15-21)44-8-2)45-20-30(43)39-23-11-9-22(38)10-12-23/h9-12,14-15,31H,7-8,13,16-20H2,1-6H3,(H,39,43). The minimum atomic E-state index is -0.506. The van der Waals surface area contributed by atoms with Gasteiger partial charge in [0.05, 0.1) is 11.1 Å². The molecule has 7 nitrogen and oxygen atoms in total. The molecule has 2 aromatic rings. The van der Waals surface area contributed by atoms with Gasteiger partial charge >= 0.3 is 0 Å². The summed E-state index contributed by atoms with van der Waals surface area (Å²) in [5, 5.41) is 3.38. The third-order valence-electron chi connectivity index (χ3n) is 8.61. The van der Waals surface area contributed by atoms with Crippen LogP contribution in [-0.2, 0) is 14.4 Å². The Hall–Kier alpha value is -3.10. The number of carbonyl (C=O) groups excluding carboxylic acids is 3. The lowest BCUT2D eigenvalue weighted by Crippen LogP contribution is -2.44. The number of ketones is 2. The summed E-state index contributed by atoms with van der Waals surface area (Å²) < 4.78 is 12.6. The number of benzene rings is 2. The van der Waals surface area contributed by atoms with E-state index in [0.29, 0.717) is 46.1 Å². The van der Waals surface area contributed by atoms with Gasteiger partial charge in [-0.3, -0.25) is 14.4 Å². The summed E-state index contributed by atoms with van der Waals surface area (Å²) in [6.07, 6.45) is 3.28. The number of amides is 1. The van der Waals surface area contributed by atoms with E-state index in [1.165, 1.54) is 0 Å². The molecule has 0 unspecified atom stereocenters. The normalized spacial score (nSPS) is 19.3. The van der Waals surface area contributed by atoms with Gasteiger partial charge in [-0.05, 0) is 94.9 Å². The van der Waals surface area contributed by atoms with Crippen LogP contribution in [0.15, 0.2) is 63.4 Å². The lowest BCUT2D eigenvalue weighted by atomic mass is 9.63. The minimum Gasteiger partial charge on any atom is -0.490 e. The van der Waals surface area contributed by atoms with Crippen LogP contribution >= 0.6 is 27.5 Å². The Morgan fingerprint density at radius 2 is 1.51 bits per heavy atom. The maximum atomic E-state index is 14.1. The molecule has 0 saturated carbocycles. The second-order valence-electron chi connectivity index (χ2n) is 13.8. The highest BCUT2D eigenvalue weighted by Crippen LogP contribution is 2.55. The first-order valence-corrected chi connectivity index (χ1v) is 16.8. The summed E-state index contributed by atoms with van der Waals surface area (Å²) in [4.78, 5) is 43.1. The monoisotopic (exact) mass is 696 g/mol. The maximum Gasteiger partial charge on any atom is 0.262 e. The second kappa shape index (κ2) is 13.0. The van der Waals surface area contributed by atoms with Gasteiger partial charge in [0.15, 0.2) is 29.7 Å². The van der Waals surface area contributed by atoms with Crippen LogP contribution in [0.5, 0.6) is 11.5 Å². The van der Waals surface area contributed by atoms with Gasteiger partial charge in [-0.1, -0.05) is 46.2 Å². The molecular weight excluding hydrogens is 656 g/mol. The predicted octanol–water partition coefficient (Wildman–Crippen LogP) is 8.61. The van der Waals surface area contributed by atoms with E-state index >= 15 is 0 Å². The molecule has 2 aliphatic carbocycles. The molecule has 1 heterocycles. The molecule has 2 aromatic carbocycles. The lowest BCUT2D eigenvalue weighted by Gasteiger charge is -2.49. The number of anilines is 1. The number of carbonyl (C=O) groups is 3. The fraction of sp³-hybridized carbons (Fsp3) is 0.472. The van der Waals surface area contributed by atoms with Gasteiger partial charge in [0, 0.05) is 58.6 Å². The molecule has 0 saturated heterocycles. The molecule has 45 heavy (non-hydrogen) atoms. The van der Waals surface area contributed by atoms with E-state index in [4.69, 9.17) is 21.1 Å². The van der Waals surface area contributed by atoms with Crippen LogP contribution in [0.3, 0.4) is 0 Å². The van der Waals surface area contributed by atoms with Crippen molar-refractivity contribution < 1.29 is 23.9 Å². The summed E-state index contributed by atoms with van der Waals surface area (Å²) in [5.74, 6) is 0.150. The molecule has 5 rings (SSSR count). The van der Waals surface area contributed by atoms with Crippen molar-refractivity contribution >= 4 is 50.7 Å². The van der Waals surface area contributed by atoms with Crippen molar-refractivity contribution in [2.45, 2.75) is 79.6 Å². The Morgan fingerprint density at radius 1 is 0.933 bits per heavy atom. The minimum absolute atomic E-state index is 0.0878. The van der Waals surface area contributed by atoms with Gasteiger partial charge in [0.2, 0.25) is 0 Å². The second-order valence-corrected chi connectivity index (χ2v) is 15.1. The molecule has 0 fully saturated rings. The largest absolute Gasteiger partial charge is 0.490 e. The van der Waals surface area contributed by atoms with Crippen LogP contribution in [0.2, 0.25) is 5.02 Å². The quantitative estimate of drug-likeness (QED) is 0.283. The summed E-state index contributed by atoms with van der Waals surface area (Å²) in [6, 6.07) is 10.6. The first-order chi connectivity index (χ1) is 21.2. The molecule has 240 valence electrons. The maximum absolute atomic E-state index is 14.1. The van der Waals surface area contributed by atoms with Gasteiger partial charge in [-0.15, -0.1) is 0 Å². The molecule has 3 aliphatic rings. The number of hydrogen-bond donors (Lipinski definition) is 1. The van der Waals surface area contributed by atoms with Crippen molar-refractivity contribution in [3.8, 4) is 11.5 Å². The molecule has 0 aromatic heterocycles. The summed E-state index contributed by atoms with van der Waals surface area (Å²) in [7, 11) is 0. The Morgan fingerprint density at radius 3 is 2.04 bits per heavy atom. The molecule has 0 spiro atoms. The van der Waals surface area contributed by atoms with E-state index in [1.54, 1.807) is 24.3 Å². The van der Waals surface area contributed by atoms with Crippen molar-refractivity contribution in [2.75, 3.05) is 25.1 Å². The zero-order valence-corrected chi connectivity index (χ0v) is 29.3. The number of halogens is 2. The molecule has 1 amide bonds. The van der Waals surface area contributed by atoms with Gasteiger partial charge in [-0.25, -0.2) is 0 Å². The van der Waals surface area contributed by atoms with Gasteiger partial charge < -0.3 is 19.7 Å². The highest BCUT2D eigenvalue weighted by Gasteiger charge is 2.49. The van der Waals surface area contributed by atoms with E-state index in [9.17, 15) is 14.4 Å². The van der Waals surface area contributed by atoms with E-state index in [1.807, 2.05) is 19.1 Å². The number of hydrogen-bond acceptors (Lipinski definition) is 6. The number of allylic oxidation sites excluding steroid dienone is 4. The van der Waals surface area contributed by atoms with E-state index in [0.717, 1.165) is 53.9 Å². The highest BCUT2D eigenvalue weighted by molar-refractivity contribution is 9.10. The first-order valence-electron chi connectivity index (χ1n) is 15.7. The lowest BCUT2D eigenvalue weighted by molar-refractivity contribution is -0.120. The highest BCUT2D eigenvalue weighted by atomic mass is 79.9. The Balaban J connectivity index is 1.57. The number of Topliss-reactive ketones (excluding diaryl/α,β-unsaturated/α-hetero) is 2. The predicted molar refractivity (Wildman–Crippen MR) is 181 cm³/mol. The summed E-state index contributed by atoms with van der Waals surface area (Å²) >= 11 is 9.63. The first kappa shape index (κ1) is 33.3. The Labute approximate surface area is 279 Å². The van der Waals surface area contributed by atoms with Gasteiger partial charge in [0.25, 0.3) is 5.91 Å². The van der Waals surface area contributed by atoms with Crippen LogP contribution in [0, 0.1) is 10.8 Å². The van der Waals surface area contributed by atoms with Crippen molar-refractivity contribution in [2.24, 2.45) is 10.8 Å². The Kier molecular flexibility index (Phi) is 9.58. The third-order valence-corrected chi connectivity index (χ3v) is 9.45. The van der Waals surface area contributed by atoms with Crippen molar-refractivity contribution in [1.82, 2.24) is 4.90 Å². The number of ether oxygens (including phenoxy) is 2. The van der Waals surface area contributed by atoms with Crippen LogP contribution in [-0.4, -0.2) is 42.1 Å². The average molecular weight is 698 g/mol. The molecule has 0 atom stereocenters. The Bertz CT molecular complexity index is 1540. The fourth-order valence-corrected chi connectivity index (χ4v) is 7.60. The van der Waals surface area contributed by atoms with Crippen molar-refractivity contribution in [3.05, 3.63) is 74.0 Å². The van der Waals surface area contributed by atoms with E-state index < -0.39 is 5.92 Å². The molecule has 0 radical (unpaired) electrons. The van der Waals surface area contributed by atoms with Crippen LogP contribution in [0.25, 0.3) is 0 Å². The fourth-order valence-electron chi connectivity index (χ4n) is 6.90. The molecule has 0 bridgehead atoms. The summed E-state index contributed by atoms with van der Waals surface area (Å²) in [6.45, 7) is 13.5. The zero-order valence-electron chi connectivity index (χ0n) is 26.9. The van der Waals surface area contributed by atoms with Gasteiger partial charge in [-0.2, -0.15) is 0 Å². The van der Waals surface area contributed by atoms with Crippen molar-refractivity contribution in [3.63, 3.8) is 0 Å². The van der Waals surface area contributed by atoms with Crippen LogP contribution in [0.1, 0.15) is 85.1 Å². The van der Waals surface area contributed by atoms with Gasteiger partial charge in [0.1, 0.15) is 0 Å². The van der Waals surface area contributed by atoms with E-state index in [-0.39, 0.29) is 34.9 Å². The number of rotatable bonds is 9. The smallest absolute Gasteiger partial charge is 0.262 e. The number of nitrogens with one attached hydrogen (secondary N) is 1. The zero-order chi connectivity index (χ0) is 32.7. The third kappa shape index (κ3) is 7.02.